The third-order valence-corrected chi connectivity index (χ3v) is 2.45. The van der Waals surface area contributed by atoms with E-state index < -0.39 is 23.4 Å². The summed E-state index contributed by atoms with van der Waals surface area (Å²) in [6, 6.07) is 3.17. The van der Waals surface area contributed by atoms with E-state index in [2.05, 4.69) is 14.4 Å². The molecular formula is C12H9F2NO4. The van der Waals surface area contributed by atoms with Crippen LogP contribution in [0, 0.1) is 11.6 Å². The maximum absolute atomic E-state index is 13.7. The number of hydrogen-bond donors (Lipinski definition) is 1. The Bertz CT molecular complexity index is 601. The van der Waals surface area contributed by atoms with Gasteiger partial charge < -0.3 is 14.4 Å². The van der Waals surface area contributed by atoms with Gasteiger partial charge in [0.25, 0.3) is 0 Å². The highest BCUT2D eigenvalue weighted by molar-refractivity contribution is 5.85. The Hall–Kier alpha value is -2.28. The highest BCUT2D eigenvalue weighted by atomic mass is 19.1. The molecule has 19 heavy (non-hydrogen) atoms. The number of hydrogen-bond acceptors (Lipinski definition) is 4. The molecule has 100 valence electrons. The first kappa shape index (κ1) is 13.2. The Labute approximate surface area is 106 Å². The van der Waals surface area contributed by atoms with Crippen molar-refractivity contribution in [2.75, 3.05) is 7.11 Å². The number of nitrogens with zero attached hydrogens (tertiary/aromatic N) is 1. The van der Waals surface area contributed by atoms with Crippen molar-refractivity contribution < 1.29 is 27.9 Å². The fraction of sp³-hybridized carbons (Fsp3) is 0.167. The van der Waals surface area contributed by atoms with Gasteiger partial charge in [-0.15, -0.1) is 0 Å². The van der Waals surface area contributed by atoms with Crippen molar-refractivity contribution in [2.45, 2.75) is 6.61 Å². The molecule has 2 aromatic rings. The minimum atomic E-state index is -1.31. The van der Waals surface area contributed by atoms with Crippen LogP contribution in [0.1, 0.15) is 16.1 Å². The third-order valence-electron chi connectivity index (χ3n) is 2.45. The molecule has 7 heteroatoms. The van der Waals surface area contributed by atoms with E-state index in [-0.39, 0.29) is 23.4 Å². The molecular weight excluding hydrogens is 260 g/mol. The predicted octanol–water partition coefficient (Wildman–Crippen LogP) is 2.46. The summed E-state index contributed by atoms with van der Waals surface area (Å²) in [5.74, 6) is -3.30. The van der Waals surface area contributed by atoms with Crippen LogP contribution >= 0.6 is 0 Å². The maximum atomic E-state index is 13.7. The first-order valence-electron chi connectivity index (χ1n) is 5.20. The highest BCUT2D eigenvalue weighted by Crippen LogP contribution is 2.24. The molecule has 0 radical (unpaired) electrons. The van der Waals surface area contributed by atoms with E-state index in [0.717, 1.165) is 18.2 Å². The van der Waals surface area contributed by atoms with E-state index in [9.17, 15) is 13.6 Å². The monoisotopic (exact) mass is 269 g/mol. The highest BCUT2D eigenvalue weighted by Gasteiger charge is 2.16. The van der Waals surface area contributed by atoms with Gasteiger partial charge in [0.05, 0.1) is 6.61 Å². The zero-order valence-electron chi connectivity index (χ0n) is 9.81. The van der Waals surface area contributed by atoms with Crippen LogP contribution < -0.4 is 0 Å². The molecule has 1 N–H and O–H groups in total. The molecule has 0 spiro atoms. The van der Waals surface area contributed by atoms with Crippen molar-refractivity contribution in [3.05, 3.63) is 41.2 Å². The van der Waals surface area contributed by atoms with Crippen LogP contribution in [0.5, 0.6) is 0 Å². The van der Waals surface area contributed by atoms with E-state index in [1.807, 2.05) is 0 Å². The average Bonchev–Trinajstić information content (AvgIpc) is 2.83. The van der Waals surface area contributed by atoms with Crippen molar-refractivity contribution in [3.63, 3.8) is 0 Å². The molecule has 2 rings (SSSR count). The van der Waals surface area contributed by atoms with Crippen LogP contribution in [0.3, 0.4) is 0 Å². The zero-order valence-corrected chi connectivity index (χ0v) is 9.81. The Balaban J connectivity index is 2.42. The van der Waals surface area contributed by atoms with Gasteiger partial charge in [-0.2, -0.15) is 0 Å². The number of ether oxygens (including phenoxy) is 1. The number of carbonyl (C=O) groups is 1. The minimum Gasteiger partial charge on any atom is -0.475 e. The summed E-state index contributed by atoms with van der Waals surface area (Å²) in [6.07, 6.45) is 0. The Morgan fingerprint density at radius 2 is 2.00 bits per heavy atom. The predicted molar refractivity (Wildman–Crippen MR) is 59.5 cm³/mol. The standard InChI is InChI=1S/C12H9F2NO4/c1-18-5-7-8(13)2-6(3-9(7)14)10-4-11(12(16)17)19-15-10/h2-4H,5H2,1H3,(H,16,17). The lowest BCUT2D eigenvalue weighted by Crippen LogP contribution is -1.98. The van der Waals surface area contributed by atoms with Crippen LogP contribution in [-0.4, -0.2) is 23.3 Å². The fourth-order valence-electron chi connectivity index (χ4n) is 1.55. The van der Waals surface area contributed by atoms with Crippen molar-refractivity contribution in [3.8, 4) is 11.3 Å². The van der Waals surface area contributed by atoms with Crippen LogP contribution in [-0.2, 0) is 11.3 Å². The lowest BCUT2D eigenvalue weighted by atomic mass is 10.1. The summed E-state index contributed by atoms with van der Waals surface area (Å²) in [5.41, 5.74) is -0.0709. The molecule has 0 aliphatic heterocycles. The Morgan fingerprint density at radius 3 is 2.47 bits per heavy atom. The first-order valence-corrected chi connectivity index (χ1v) is 5.20. The molecule has 0 aliphatic carbocycles. The smallest absolute Gasteiger partial charge is 0.374 e. The summed E-state index contributed by atoms with van der Waals surface area (Å²) in [4.78, 5) is 10.6. The van der Waals surface area contributed by atoms with Crippen LogP contribution in [0.25, 0.3) is 11.3 Å². The largest absolute Gasteiger partial charge is 0.475 e. The van der Waals surface area contributed by atoms with Gasteiger partial charge in [0.2, 0.25) is 5.76 Å². The zero-order chi connectivity index (χ0) is 14.0. The van der Waals surface area contributed by atoms with Gasteiger partial charge in [-0.1, -0.05) is 5.16 Å². The van der Waals surface area contributed by atoms with Crippen LogP contribution in [0.2, 0.25) is 0 Å². The lowest BCUT2D eigenvalue weighted by molar-refractivity contribution is 0.0652. The molecule has 0 aliphatic rings. The van der Waals surface area contributed by atoms with E-state index in [1.165, 1.54) is 7.11 Å². The van der Waals surface area contributed by atoms with Gasteiger partial charge in [-0.3, -0.25) is 0 Å². The molecule has 0 atom stereocenters. The molecule has 0 bridgehead atoms. The molecule has 0 unspecified atom stereocenters. The summed E-state index contributed by atoms with van der Waals surface area (Å²) >= 11 is 0. The van der Waals surface area contributed by atoms with Crippen molar-refractivity contribution in [1.29, 1.82) is 0 Å². The van der Waals surface area contributed by atoms with E-state index in [1.54, 1.807) is 0 Å². The Kier molecular flexibility index (Phi) is 3.57. The Morgan fingerprint density at radius 1 is 1.37 bits per heavy atom. The molecule has 0 amide bonds. The molecule has 0 saturated carbocycles. The first-order chi connectivity index (χ1) is 9.02. The second-order valence-electron chi connectivity index (χ2n) is 3.73. The number of halogens is 2. The van der Waals surface area contributed by atoms with E-state index in [0.29, 0.717) is 0 Å². The van der Waals surface area contributed by atoms with E-state index >= 15 is 0 Å². The molecule has 1 heterocycles. The summed E-state index contributed by atoms with van der Waals surface area (Å²) in [6.45, 7) is -0.197. The maximum Gasteiger partial charge on any atom is 0.374 e. The molecule has 1 aromatic carbocycles. The van der Waals surface area contributed by atoms with Crippen LogP contribution in [0.4, 0.5) is 8.78 Å². The van der Waals surface area contributed by atoms with Gasteiger partial charge in [0.1, 0.15) is 17.3 Å². The molecule has 0 fully saturated rings. The quantitative estimate of drug-likeness (QED) is 0.923. The van der Waals surface area contributed by atoms with Gasteiger partial charge >= 0.3 is 5.97 Å². The van der Waals surface area contributed by atoms with Gasteiger partial charge in [-0.05, 0) is 12.1 Å². The van der Waals surface area contributed by atoms with Gasteiger partial charge in [0, 0.05) is 24.3 Å². The number of benzene rings is 1. The minimum absolute atomic E-state index is 0.0409. The van der Waals surface area contributed by atoms with Crippen LogP contribution in [0.15, 0.2) is 22.7 Å². The number of carboxylic acid groups (broad SMARTS) is 1. The van der Waals surface area contributed by atoms with Crippen molar-refractivity contribution in [2.24, 2.45) is 0 Å². The fourth-order valence-corrected chi connectivity index (χ4v) is 1.55. The number of aromatic nitrogens is 1. The van der Waals surface area contributed by atoms with Crippen molar-refractivity contribution in [1.82, 2.24) is 5.16 Å². The van der Waals surface area contributed by atoms with E-state index in [4.69, 9.17) is 5.11 Å². The van der Waals surface area contributed by atoms with Gasteiger partial charge in [-0.25, -0.2) is 13.6 Å². The topological polar surface area (TPSA) is 72.6 Å². The summed E-state index contributed by atoms with van der Waals surface area (Å²) < 4.78 is 36.5. The number of aromatic carboxylic acids is 1. The second-order valence-corrected chi connectivity index (χ2v) is 3.73. The number of carboxylic acids is 1. The lowest BCUT2D eigenvalue weighted by Gasteiger charge is -2.05. The summed E-state index contributed by atoms with van der Waals surface area (Å²) in [7, 11) is 1.32. The second kappa shape index (κ2) is 5.15. The average molecular weight is 269 g/mol. The molecule has 5 nitrogen and oxygen atoms in total. The molecule has 0 saturated heterocycles. The summed E-state index contributed by atoms with van der Waals surface area (Å²) in [5, 5.41) is 12.1. The van der Waals surface area contributed by atoms with Crippen molar-refractivity contribution >= 4 is 5.97 Å². The van der Waals surface area contributed by atoms with Gasteiger partial charge in [0.15, 0.2) is 0 Å². The number of rotatable bonds is 4. The number of methoxy groups -OCH3 is 1. The normalized spacial score (nSPS) is 10.7. The molecule has 1 aromatic heterocycles. The third kappa shape index (κ3) is 2.60. The SMILES string of the molecule is COCc1c(F)cc(-c2cc(C(=O)O)on2)cc1F.